The van der Waals surface area contributed by atoms with Gasteiger partial charge in [0.05, 0.1) is 13.6 Å². The molecule has 1 aromatic carbocycles. The molecule has 0 aliphatic carbocycles. The van der Waals surface area contributed by atoms with Gasteiger partial charge >= 0.3 is 5.97 Å². The maximum absolute atomic E-state index is 12.1. The molecule has 5 heteroatoms. The molecule has 1 N–H and O–H groups in total. The van der Waals surface area contributed by atoms with Gasteiger partial charge in [-0.25, -0.2) is 4.79 Å². The van der Waals surface area contributed by atoms with Gasteiger partial charge in [0, 0.05) is 11.7 Å². The van der Waals surface area contributed by atoms with Gasteiger partial charge in [-0.2, -0.15) is 0 Å². The van der Waals surface area contributed by atoms with Crippen LogP contribution in [0.1, 0.15) is 47.1 Å². The van der Waals surface area contributed by atoms with Crippen LogP contribution in [-0.4, -0.2) is 31.7 Å². The third kappa shape index (κ3) is 6.01. The topological polar surface area (TPSA) is 55.4 Å². The third-order valence-corrected chi connectivity index (χ3v) is 4.12. The van der Waals surface area contributed by atoms with Crippen LogP contribution in [0.4, 0.5) is 0 Å². The van der Waals surface area contributed by atoms with Crippen molar-refractivity contribution in [3.05, 3.63) is 34.9 Å². The first kappa shape index (κ1) is 18.4. The molecule has 0 fully saturated rings. The fourth-order valence-corrected chi connectivity index (χ4v) is 2.51. The molecule has 1 amide bonds. The highest BCUT2D eigenvalue weighted by Gasteiger charge is 2.20. The van der Waals surface area contributed by atoms with Crippen LogP contribution < -0.4 is 5.32 Å². The van der Waals surface area contributed by atoms with Crippen LogP contribution in [0, 0.1) is 6.92 Å². The Kier molecular flexibility index (Phi) is 5.57. The van der Waals surface area contributed by atoms with Crippen molar-refractivity contribution in [2.75, 3.05) is 6.17 Å². The quantitative estimate of drug-likeness (QED) is 0.681. The normalized spacial score (nSPS) is 12.0. The Balaban J connectivity index is 2.85. The van der Waals surface area contributed by atoms with Gasteiger partial charge in [0.25, 0.3) is 5.91 Å². The first-order chi connectivity index (χ1) is 9.89. The number of ether oxygens (including phenoxy) is 1. The van der Waals surface area contributed by atoms with Crippen molar-refractivity contribution in [2.24, 2.45) is 0 Å². The second-order valence-corrected chi connectivity index (χ2v) is 13.2. The minimum atomic E-state index is -1.33. The monoisotopic (exact) mass is 321 g/mol. The summed E-state index contributed by atoms with van der Waals surface area (Å²) in [6.07, 6.45) is 0.735. The third-order valence-electron chi connectivity index (χ3n) is 2.89. The molecule has 0 unspecified atom stereocenters. The zero-order valence-corrected chi connectivity index (χ0v) is 15.7. The van der Waals surface area contributed by atoms with Crippen LogP contribution in [-0.2, 0) is 4.74 Å². The summed E-state index contributed by atoms with van der Waals surface area (Å²) >= 11 is 0. The van der Waals surface area contributed by atoms with Crippen LogP contribution in [0.25, 0.3) is 0 Å². The highest BCUT2D eigenvalue weighted by molar-refractivity contribution is 6.76. The van der Waals surface area contributed by atoms with Gasteiger partial charge in [-0.15, -0.1) is 0 Å². The Bertz CT molecular complexity index is 568. The average molecular weight is 321 g/mol. The number of nitrogens with one attached hydrogen (secondary N) is 1. The van der Waals surface area contributed by atoms with Crippen molar-refractivity contribution < 1.29 is 14.3 Å². The van der Waals surface area contributed by atoms with Crippen molar-refractivity contribution >= 4 is 20.0 Å². The number of hydrogen-bond acceptors (Lipinski definition) is 3. The van der Waals surface area contributed by atoms with Gasteiger partial charge in [-0.1, -0.05) is 19.6 Å². The molecule has 22 heavy (non-hydrogen) atoms. The van der Waals surface area contributed by atoms with Gasteiger partial charge < -0.3 is 10.1 Å². The minimum Gasteiger partial charge on any atom is -0.456 e. The largest absolute Gasteiger partial charge is 0.456 e. The number of amides is 1. The highest BCUT2D eigenvalue weighted by atomic mass is 28.3. The molecule has 0 aromatic heterocycles. The predicted molar refractivity (Wildman–Crippen MR) is 92.0 cm³/mol. The molecule has 0 bridgehead atoms. The second-order valence-electron chi connectivity index (χ2n) is 7.77. The lowest BCUT2D eigenvalue weighted by molar-refractivity contribution is 0.00685. The maximum atomic E-state index is 12.1. The molecule has 122 valence electrons. The molecular weight excluding hydrogens is 294 g/mol. The zero-order chi connectivity index (χ0) is 17.1. The number of carbonyl (C=O) groups is 2. The van der Waals surface area contributed by atoms with Crippen molar-refractivity contribution in [1.82, 2.24) is 5.32 Å². The number of hydrogen-bond donors (Lipinski definition) is 1. The maximum Gasteiger partial charge on any atom is 0.338 e. The lowest BCUT2D eigenvalue weighted by atomic mass is 10.0. The van der Waals surface area contributed by atoms with E-state index in [1.807, 2.05) is 27.7 Å². The lowest BCUT2D eigenvalue weighted by Gasteiger charge is -2.20. The fourth-order valence-electron chi connectivity index (χ4n) is 1.81. The number of aryl methyl sites for hydroxylation is 1. The molecule has 1 rings (SSSR count). The Morgan fingerprint density at radius 3 is 2.23 bits per heavy atom. The number of benzene rings is 1. The Hall–Kier alpha value is -1.62. The number of carbonyl (C=O) groups excluding carboxylic acids is 2. The van der Waals surface area contributed by atoms with Crippen LogP contribution in [0.15, 0.2) is 18.2 Å². The van der Waals surface area contributed by atoms with Gasteiger partial charge in [0.2, 0.25) is 0 Å². The molecule has 1 aromatic rings. The lowest BCUT2D eigenvalue weighted by Crippen LogP contribution is -2.39. The van der Waals surface area contributed by atoms with E-state index < -0.39 is 13.7 Å². The molecule has 0 saturated carbocycles. The Morgan fingerprint density at radius 1 is 1.18 bits per heavy atom. The van der Waals surface area contributed by atoms with Crippen molar-refractivity contribution in [3.63, 3.8) is 0 Å². The summed E-state index contributed by atoms with van der Waals surface area (Å²) in [5.41, 5.74) is 1.28. The van der Waals surface area contributed by atoms with E-state index in [-0.39, 0.29) is 11.9 Å². The molecular formula is C17H27NO3Si. The standard InChI is InChI=1S/C17H27NO3Si/c1-12-10-13(15(19)18-11-22(5,6)7)8-9-14(12)16(20)21-17(2,3)4/h8-10H,11H2,1-7H3,(H,18,19). The van der Waals surface area contributed by atoms with Crippen LogP contribution in [0.5, 0.6) is 0 Å². The van der Waals surface area contributed by atoms with Gasteiger partial charge in [-0.3, -0.25) is 4.79 Å². The summed E-state index contributed by atoms with van der Waals surface area (Å²) in [6.45, 7) is 13.9. The summed E-state index contributed by atoms with van der Waals surface area (Å²) in [5, 5.41) is 2.96. The predicted octanol–water partition coefficient (Wildman–Crippen LogP) is 3.56. The molecule has 0 spiro atoms. The van der Waals surface area contributed by atoms with Crippen LogP contribution >= 0.6 is 0 Å². The van der Waals surface area contributed by atoms with Crippen molar-refractivity contribution in [3.8, 4) is 0 Å². The Labute approximate surface area is 134 Å². The van der Waals surface area contributed by atoms with Crippen LogP contribution in [0.3, 0.4) is 0 Å². The molecule has 0 aliphatic rings. The van der Waals surface area contributed by atoms with Crippen molar-refractivity contribution in [2.45, 2.75) is 52.9 Å². The summed E-state index contributed by atoms with van der Waals surface area (Å²) in [5.74, 6) is -0.458. The average Bonchev–Trinajstić information content (AvgIpc) is 2.32. The first-order valence-electron chi connectivity index (χ1n) is 7.51. The summed E-state index contributed by atoms with van der Waals surface area (Å²) in [6, 6.07) is 5.07. The van der Waals surface area contributed by atoms with Crippen LogP contribution in [0.2, 0.25) is 19.6 Å². The smallest absolute Gasteiger partial charge is 0.338 e. The van der Waals surface area contributed by atoms with Crippen molar-refractivity contribution in [1.29, 1.82) is 0 Å². The Morgan fingerprint density at radius 2 is 1.77 bits per heavy atom. The number of rotatable bonds is 4. The molecule has 0 aliphatic heterocycles. The summed E-state index contributed by atoms with van der Waals surface area (Å²) in [7, 11) is -1.33. The van der Waals surface area contributed by atoms with Gasteiger partial charge in [0.1, 0.15) is 5.60 Å². The molecule has 0 radical (unpaired) electrons. The molecule has 0 heterocycles. The van der Waals surface area contributed by atoms with E-state index in [2.05, 4.69) is 25.0 Å². The number of esters is 1. The molecule has 0 atom stereocenters. The van der Waals surface area contributed by atoms with E-state index in [1.165, 1.54) is 0 Å². The van der Waals surface area contributed by atoms with E-state index in [9.17, 15) is 9.59 Å². The van der Waals surface area contributed by atoms with E-state index >= 15 is 0 Å². The minimum absolute atomic E-state index is 0.0961. The van der Waals surface area contributed by atoms with E-state index in [0.717, 1.165) is 11.7 Å². The molecule has 4 nitrogen and oxygen atoms in total. The van der Waals surface area contributed by atoms with E-state index in [1.54, 1.807) is 18.2 Å². The molecule has 0 saturated heterocycles. The summed E-state index contributed by atoms with van der Waals surface area (Å²) < 4.78 is 5.36. The zero-order valence-electron chi connectivity index (χ0n) is 14.7. The summed E-state index contributed by atoms with van der Waals surface area (Å²) in [4.78, 5) is 24.3. The first-order valence-corrected chi connectivity index (χ1v) is 11.2. The van der Waals surface area contributed by atoms with E-state index in [0.29, 0.717) is 11.1 Å². The van der Waals surface area contributed by atoms with E-state index in [4.69, 9.17) is 4.74 Å². The highest BCUT2D eigenvalue weighted by Crippen LogP contribution is 2.16. The van der Waals surface area contributed by atoms with Gasteiger partial charge in [-0.05, 0) is 51.5 Å². The van der Waals surface area contributed by atoms with Gasteiger partial charge in [0.15, 0.2) is 0 Å². The fraction of sp³-hybridized carbons (Fsp3) is 0.529. The SMILES string of the molecule is Cc1cc(C(=O)NC[Si](C)(C)C)ccc1C(=O)OC(C)(C)C. The second kappa shape index (κ2) is 6.65.